The Morgan fingerprint density at radius 3 is 1.75 bits per heavy atom. The zero-order valence-corrected chi connectivity index (χ0v) is 10.6. The second-order valence-corrected chi connectivity index (χ2v) is 5.77. The van der Waals surface area contributed by atoms with Crippen LogP contribution in [0.1, 0.15) is 41.5 Å². The molecular weight excluding hydrogens is 215 g/mol. The summed E-state index contributed by atoms with van der Waals surface area (Å²) in [6, 6.07) is 0. The van der Waals surface area contributed by atoms with Crippen molar-refractivity contribution < 1.29 is 0 Å². The Bertz CT molecular complexity index is 172. The molecular formula is C9H19N2Se. The van der Waals surface area contributed by atoms with Crippen LogP contribution in [-0.2, 0) is 0 Å². The van der Waals surface area contributed by atoms with Crippen molar-refractivity contribution in [3.8, 4) is 0 Å². The maximum absolute atomic E-state index is 4.44. The molecule has 0 saturated carbocycles. The molecule has 71 valence electrons. The number of hydrogen-bond donors (Lipinski definition) is 1. The Balaban J connectivity index is 4.23. The molecule has 0 saturated heterocycles. The van der Waals surface area contributed by atoms with E-state index >= 15 is 0 Å². The molecule has 0 aliphatic rings. The standard InChI is InChI=1S/C9H19N2Se/c1-8(2,3)10-7(12)11-9(4,5)6/h1-6H3,(H,10,11). The number of amidine groups is 1. The van der Waals surface area contributed by atoms with Crippen LogP contribution in [0.3, 0.4) is 0 Å². The van der Waals surface area contributed by atoms with E-state index in [1.54, 1.807) is 0 Å². The van der Waals surface area contributed by atoms with E-state index < -0.39 is 0 Å². The van der Waals surface area contributed by atoms with Crippen LogP contribution in [0, 0.1) is 0 Å². The van der Waals surface area contributed by atoms with E-state index in [1.165, 1.54) is 0 Å². The van der Waals surface area contributed by atoms with Crippen LogP contribution in [0.2, 0.25) is 0 Å². The van der Waals surface area contributed by atoms with Gasteiger partial charge < -0.3 is 0 Å². The van der Waals surface area contributed by atoms with E-state index in [0.29, 0.717) is 0 Å². The van der Waals surface area contributed by atoms with Crippen LogP contribution < -0.4 is 5.32 Å². The summed E-state index contributed by atoms with van der Waals surface area (Å²) < 4.78 is 0.884. The first kappa shape index (κ1) is 12.0. The van der Waals surface area contributed by atoms with Gasteiger partial charge in [-0.15, -0.1) is 0 Å². The topological polar surface area (TPSA) is 24.4 Å². The van der Waals surface area contributed by atoms with Crippen LogP contribution in [-0.4, -0.2) is 31.8 Å². The van der Waals surface area contributed by atoms with Gasteiger partial charge in [-0.05, 0) is 0 Å². The molecule has 0 aliphatic carbocycles. The van der Waals surface area contributed by atoms with Crippen LogP contribution in [0.5, 0.6) is 0 Å². The van der Waals surface area contributed by atoms with Gasteiger partial charge in [0.25, 0.3) is 0 Å². The molecule has 0 fully saturated rings. The van der Waals surface area contributed by atoms with Gasteiger partial charge in [-0.3, -0.25) is 0 Å². The summed E-state index contributed by atoms with van der Waals surface area (Å²) in [5, 5.41) is 3.27. The van der Waals surface area contributed by atoms with Gasteiger partial charge in [0.2, 0.25) is 0 Å². The molecule has 0 heterocycles. The Labute approximate surface area is 84.0 Å². The van der Waals surface area contributed by atoms with Gasteiger partial charge >= 0.3 is 83.7 Å². The summed E-state index contributed by atoms with van der Waals surface area (Å²) >= 11 is 2.93. The summed E-state index contributed by atoms with van der Waals surface area (Å²) in [5.41, 5.74) is 0.0637. The van der Waals surface area contributed by atoms with Crippen LogP contribution >= 0.6 is 0 Å². The molecule has 0 atom stereocenters. The molecule has 0 aromatic rings. The van der Waals surface area contributed by atoms with Crippen LogP contribution in [0.4, 0.5) is 0 Å². The molecule has 0 aliphatic heterocycles. The molecule has 0 rings (SSSR count). The Kier molecular flexibility index (Phi) is 3.80. The van der Waals surface area contributed by atoms with Gasteiger partial charge in [-0.2, -0.15) is 0 Å². The first-order valence-electron chi connectivity index (χ1n) is 4.15. The average molecular weight is 234 g/mol. The second kappa shape index (κ2) is 3.80. The molecule has 1 radical (unpaired) electrons. The van der Waals surface area contributed by atoms with Gasteiger partial charge in [0.1, 0.15) is 0 Å². The Hall–Kier alpha value is -0.0105. The molecule has 0 bridgehead atoms. The van der Waals surface area contributed by atoms with Gasteiger partial charge in [0.05, 0.1) is 0 Å². The van der Waals surface area contributed by atoms with E-state index in [0.717, 1.165) is 4.73 Å². The summed E-state index contributed by atoms with van der Waals surface area (Å²) in [4.78, 5) is 4.44. The van der Waals surface area contributed by atoms with Gasteiger partial charge in [0, 0.05) is 0 Å². The third-order valence-corrected chi connectivity index (χ3v) is 1.32. The maximum atomic E-state index is 4.44. The van der Waals surface area contributed by atoms with Gasteiger partial charge in [-0.25, -0.2) is 0 Å². The Morgan fingerprint density at radius 1 is 1.08 bits per heavy atom. The van der Waals surface area contributed by atoms with Crippen molar-refractivity contribution in [1.29, 1.82) is 0 Å². The van der Waals surface area contributed by atoms with Crippen molar-refractivity contribution in [2.75, 3.05) is 0 Å². The first-order chi connectivity index (χ1) is 5.10. The number of nitrogens with zero attached hydrogens (tertiary/aromatic N) is 1. The molecule has 2 nitrogen and oxygen atoms in total. The average Bonchev–Trinajstić information content (AvgIpc) is 1.49. The molecule has 1 N–H and O–H groups in total. The summed E-state index contributed by atoms with van der Waals surface area (Å²) in [5.74, 6) is 0. The zero-order valence-electron chi connectivity index (χ0n) is 8.86. The predicted octanol–water partition coefficient (Wildman–Crippen LogP) is 1.70. The summed E-state index contributed by atoms with van der Waals surface area (Å²) in [6.45, 7) is 12.6. The molecule has 0 spiro atoms. The SMILES string of the molecule is CC(C)(C)N=C([Se])NC(C)(C)C. The molecule has 0 unspecified atom stereocenters. The number of nitrogens with one attached hydrogen (secondary N) is 1. The minimum atomic E-state index is -0.0150. The molecule has 0 amide bonds. The van der Waals surface area contributed by atoms with E-state index in [-0.39, 0.29) is 11.1 Å². The molecule has 12 heavy (non-hydrogen) atoms. The summed E-state index contributed by atoms with van der Waals surface area (Å²) in [7, 11) is 0. The monoisotopic (exact) mass is 235 g/mol. The first-order valence-corrected chi connectivity index (χ1v) is 5.01. The van der Waals surface area contributed by atoms with Crippen molar-refractivity contribution in [2.24, 2.45) is 4.99 Å². The number of rotatable bonds is 0. The third-order valence-electron chi connectivity index (χ3n) is 0.919. The van der Waals surface area contributed by atoms with E-state index in [9.17, 15) is 0 Å². The van der Waals surface area contributed by atoms with E-state index in [4.69, 9.17) is 0 Å². The fraction of sp³-hybridized carbons (Fsp3) is 0.889. The van der Waals surface area contributed by atoms with Crippen molar-refractivity contribution in [1.82, 2.24) is 5.32 Å². The van der Waals surface area contributed by atoms with Crippen molar-refractivity contribution in [3.05, 3.63) is 0 Å². The minimum absolute atomic E-state index is 0.0150. The number of hydrogen-bond acceptors (Lipinski definition) is 1. The zero-order chi connectivity index (χ0) is 9.99. The second-order valence-electron chi connectivity index (χ2n) is 4.96. The fourth-order valence-electron chi connectivity index (χ4n) is 0.653. The van der Waals surface area contributed by atoms with Gasteiger partial charge in [-0.1, -0.05) is 0 Å². The normalized spacial score (nSPS) is 14.7. The van der Waals surface area contributed by atoms with Crippen LogP contribution in [0.25, 0.3) is 0 Å². The molecule has 0 aromatic heterocycles. The summed E-state index contributed by atoms with van der Waals surface area (Å²) in [6.07, 6.45) is 0. The van der Waals surface area contributed by atoms with Crippen molar-refractivity contribution in [2.45, 2.75) is 52.6 Å². The Morgan fingerprint density at radius 2 is 1.50 bits per heavy atom. The predicted molar refractivity (Wildman–Crippen MR) is 55.8 cm³/mol. The fourth-order valence-corrected chi connectivity index (χ4v) is 1.87. The molecule has 3 heteroatoms. The van der Waals surface area contributed by atoms with Crippen molar-refractivity contribution in [3.63, 3.8) is 0 Å². The van der Waals surface area contributed by atoms with E-state index in [2.05, 4.69) is 67.9 Å². The third kappa shape index (κ3) is 8.09. The van der Waals surface area contributed by atoms with Crippen LogP contribution in [0.15, 0.2) is 4.99 Å². The quantitative estimate of drug-likeness (QED) is 0.385. The van der Waals surface area contributed by atoms with Crippen molar-refractivity contribution >= 4 is 20.7 Å². The molecule has 0 aromatic carbocycles. The number of aliphatic imine (C=N–C) groups is 1. The van der Waals surface area contributed by atoms with E-state index in [1.807, 2.05) is 0 Å². The van der Waals surface area contributed by atoms with Gasteiger partial charge in [0.15, 0.2) is 0 Å².